The normalized spacial score (nSPS) is 21.5. The number of hydrogen-bond donors (Lipinski definition) is 1. The van der Waals surface area contributed by atoms with E-state index < -0.39 is 5.60 Å². The summed E-state index contributed by atoms with van der Waals surface area (Å²) in [4.78, 5) is 0. The van der Waals surface area contributed by atoms with Crippen LogP contribution in [0.4, 0.5) is 0 Å². The van der Waals surface area contributed by atoms with Crippen molar-refractivity contribution in [2.75, 3.05) is 6.61 Å². The molecule has 0 bridgehead atoms. The molecule has 1 unspecified atom stereocenters. The van der Waals surface area contributed by atoms with Gasteiger partial charge in [-0.25, -0.2) is 0 Å². The van der Waals surface area contributed by atoms with Crippen molar-refractivity contribution < 1.29 is 9.84 Å². The van der Waals surface area contributed by atoms with Crippen molar-refractivity contribution in [3.05, 3.63) is 29.6 Å². The lowest BCUT2D eigenvalue weighted by atomic mass is 10.0. The molecule has 0 radical (unpaired) electrons. The highest BCUT2D eigenvalue weighted by Crippen LogP contribution is 2.33. The first kappa shape index (κ1) is 12.1. The molecule has 0 spiro atoms. The van der Waals surface area contributed by atoms with Gasteiger partial charge >= 0.3 is 0 Å². The van der Waals surface area contributed by atoms with Gasteiger partial charge in [0.25, 0.3) is 0 Å². The minimum atomic E-state index is -1.21. The van der Waals surface area contributed by atoms with E-state index >= 15 is 0 Å². The third-order valence-corrected chi connectivity index (χ3v) is 3.34. The molecule has 0 aliphatic carbocycles. The van der Waals surface area contributed by atoms with Gasteiger partial charge in [0.1, 0.15) is 18.0 Å². The third kappa shape index (κ3) is 1.88. The summed E-state index contributed by atoms with van der Waals surface area (Å²) in [5, 5.41) is 21.9. The molecule has 1 aromatic heterocycles. The summed E-state index contributed by atoms with van der Waals surface area (Å²) in [6.45, 7) is 6.01. The summed E-state index contributed by atoms with van der Waals surface area (Å²) in [5.41, 5.74) is 0.731. The van der Waals surface area contributed by atoms with E-state index in [0.717, 1.165) is 5.69 Å². The van der Waals surface area contributed by atoms with Gasteiger partial charge in [0.05, 0.1) is 0 Å². The minimum absolute atomic E-state index is 0.126. The molecule has 0 amide bonds. The van der Waals surface area contributed by atoms with Gasteiger partial charge in [0, 0.05) is 0 Å². The fourth-order valence-corrected chi connectivity index (χ4v) is 2.15. The highest BCUT2D eigenvalue weighted by molar-refractivity contribution is 5.50. The summed E-state index contributed by atoms with van der Waals surface area (Å²) in [6.07, 6.45) is 0. The number of nitrogens with zero attached hydrogens (tertiary/aromatic N) is 4. The smallest absolute Gasteiger partial charge is 0.191 e. The van der Waals surface area contributed by atoms with Crippen LogP contribution in [0.2, 0.25) is 0 Å². The lowest BCUT2D eigenvalue weighted by Crippen LogP contribution is -2.31. The predicted molar refractivity (Wildman–Crippen MR) is 68.3 cm³/mol. The van der Waals surface area contributed by atoms with Crippen LogP contribution in [-0.2, 0) is 5.60 Å². The van der Waals surface area contributed by atoms with Crippen LogP contribution >= 0.6 is 0 Å². The number of ether oxygens (including phenoxy) is 1. The van der Waals surface area contributed by atoms with E-state index in [4.69, 9.17) is 4.74 Å². The molecule has 19 heavy (non-hydrogen) atoms. The van der Waals surface area contributed by atoms with Crippen molar-refractivity contribution in [1.82, 2.24) is 20.2 Å². The first-order chi connectivity index (χ1) is 8.99. The molecule has 0 saturated heterocycles. The largest absolute Gasteiger partial charge is 0.488 e. The predicted octanol–water partition coefficient (Wildman–Crippen LogP) is 1.39. The number of fused-ring (bicyclic) bond motifs is 3. The fourth-order valence-electron chi connectivity index (χ4n) is 2.15. The quantitative estimate of drug-likeness (QED) is 0.838. The first-order valence-corrected chi connectivity index (χ1v) is 6.27. The zero-order chi connectivity index (χ0) is 13.6. The Balaban J connectivity index is 2.22. The zero-order valence-corrected chi connectivity index (χ0v) is 11.2. The van der Waals surface area contributed by atoms with Crippen LogP contribution in [0.25, 0.3) is 5.69 Å². The van der Waals surface area contributed by atoms with Crippen LogP contribution in [0.15, 0.2) is 18.2 Å². The van der Waals surface area contributed by atoms with E-state index in [0.29, 0.717) is 17.5 Å². The van der Waals surface area contributed by atoms with Crippen LogP contribution in [0.5, 0.6) is 5.75 Å². The lowest BCUT2D eigenvalue weighted by molar-refractivity contribution is 0.00211. The molecule has 1 atom stereocenters. The Morgan fingerprint density at radius 2 is 2.21 bits per heavy atom. The molecule has 1 N–H and O–H groups in total. The minimum Gasteiger partial charge on any atom is -0.488 e. The summed E-state index contributed by atoms with van der Waals surface area (Å²) in [7, 11) is 0. The Bertz CT molecular complexity index is 619. The van der Waals surface area contributed by atoms with Gasteiger partial charge in [-0.2, -0.15) is 4.68 Å². The number of aromatic nitrogens is 4. The van der Waals surface area contributed by atoms with E-state index in [1.807, 2.05) is 18.2 Å². The van der Waals surface area contributed by atoms with Crippen LogP contribution in [0.3, 0.4) is 0 Å². The van der Waals surface area contributed by atoms with Gasteiger partial charge in [-0.1, -0.05) is 19.9 Å². The second-order valence-electron chi connectivity index (χ2n) is 5.36. The fraction of sp³-hybridized carbons (Fsp3) is 0.462. The van der Waals surface area contributed by atoms with E-state index in [9.17, 15) is 5.11 Å². The number of aliphatic hydroxyl groups is 1. The SMILES string of the molecule is CC(C)c1ccc2c(c1)-n1nnnc1C(C)(O)CO2. The number of rotatable bonds is 1. The maximum atomic E-state index is 10.4. The van der Waals surface area contributed by atoms with Crippen molar-refractivity contribution in [2.45, 2.75) is 32.3 Å². The molecule has 6 heteroatoms. The standard InChI is InChI=1S/C13H16N4O2/c1-8(2)9-4-5-11-10(6-9)17-12(14-15-16-17)13(3,18)7-19-11/h4-6,8,18H,7H2,1-3H3. The van der Waals surface area contributed by atoms with Crippen LogP contribution < -0.4 is 4.74 Å². The number of hydrogen-bond acceptors (Lipinski definition) is 5. The van der Waals surface area contributed by atoms with Crippen LogP contribution in [-0.4, -0.2) is 31.9 Å². The molecule has 100 valence electrons. The molecule has 2 aromatic rings. The monoisotopic (exact) mass is 260 g/mol. The molecular formula is C13H16N4O2. The molecule has 1 aliphatic heterocycles. The average molecular weight is 260 g/mol. The Morgan fingerprint density at radius 1 is 1.42 bits per heavy atom. The van der Waals surface area contributed by atoms with Crippen molar-refractivity contribution in [2.24, 2.45) is 0 Å². The van der Waals surface area contributed by atoms with Crippen molar-refractivity contribution >= 4 is 0 Å². The molecule has 2 heterocycles. The third-order valence-electron chi connectivity index (χ3n) is 3.34. The van der Waals surface area contributed by atoms with Crippen molar-refractivity contribution in [1.29, 1.82) is 0 Å². The van der Waals surface area contributed by atoms with E-state index in [-0.39, 0.29) is 6.61 Å². The number of benzene rings is 1. The number of tetrazole rings is 1. The second-order valence-corrected chi connectivity index (χ2v) is 5.36. The highest BCUT2D eigenvalue weighted by Gasteiger charge is 2.35. The van der Waals surface area contributed by atoms with E-state index in [1.165, 1.54) is 5.56 Å². The Hall–Kier alpha value is -1.95. The van der Waals surface area contributed by atoms with Gasteiger partial charge in [0.15, 0.2) is 11.4 Å². The van der Waals surface area contributed by atoms with E-state index in [2.05, 4.69) is 29.4 Å². The topological polar surface area (TPSA) is 73.1 Å². The van der Waals surface area contributed by atoms with Crippen LogP contribution in [0, 0.1) is 0 Å². The molecule has 3 rings (SSSR count). The molecule has 6 nitrogen and oxygen atoms in total. The maximum absolute atomic E-state index is 10.4. The lowest BCUT2D eigenvalue weighted by Gasteiger charge is -2.17. The van der Waals surface area contributed by atoms with Crippen molar-refractivity contribution in [3.8, 4) is 11.4 Å². The van der Waals surface area contributed by atoms with Crippen LogP contribution in [0.1, 0.15) is 38.1 Å². The Kier molecular flexibility index (Phi) is 2.56. The van der Waals surface area contributed by atoms with Gasteiger partial charge in [0.2, 0.25) is 0 Å². The van der Waals surface area contributed by atoms with Gasteiger partial charge in [-0.3, -0.25) is 0 Å². The molecule has 1 aliphatic rings. The van der Waals surface area contributed by atoms with Gasteiger partial charge in [-0.15, -0.1) is 5.10 Å². The summed E-state index contributed by atoms with van der Waals surface area (Å²) in [5.74, 6) is 1.47. The molecule has 0 saturated carbocycles. The molecular weight excluding hydrogens is 244 g/mol. The summed E-state index contributed by atoms with van der Waals surface area (Å²) < 4.78 is 7.21. The summed E-state index contributed by atoms with van der Waals surface area (Å²) >= 11 is 0. The average Bonchev–Trinajstić information content (AvgIpc) is 2.82. The van der Waals surface area contributed by atoms with Crippen molar-refractivity contribution in [3.63, 3.8) is 0 Å². The van der Waals surface area contributed by atoms with Gasteiger partial charge < -0.3 is 9.84 Å². The maximum Gasteiger partial charge on any atom is 0.191 e. The summed E-state index contributed by atoms with van der Waals surface area (Å²) in [6, 6.07) is 5.92. The Labute approximate surface area is 111 Å². The Morgan fingerprint density at radius 3 is 2.95 bits per heavy atom. The van der Waals surface area contributed by atoms with Gasteiger partial charge in [-0.05, 0) is 41.0 Å². The highest BCUT2D eigenvalue weighted by atomic mass is 16.5. The molecule has 1 aromatic carbocycles. The second kappa shape index (κ2) is 4.03. The zero-order valence-electron chi connectivity index (χ0n) is 11.2. The first-order valence-electron chi connectivity index (χ1n) is 6.27. The van der Waals surface area contributed by atoms with E-state index in [1.54, 1.807) is 11.6 Å². The molecule has 0 fully saturated rings.